The molecule has 0 aliphatic heterocycles. The molecule has 2 rings (SSSR count). The summed E-state index contributed by atoms with van der Waals surface area (Å²) in [6.07, 6.45) is 1.56. The SMILES string of the molecule is Cc1ccc(C(C=O)Cc2ccc(F)cc2)cc1. The Bertz CT molecular complexity index is 514. The highest BCUT2D eigenvalue weighted by molar-refractivity contribution is 5.63. The first-order chi connectivity index (χ1) is 8.69. The molecule has 0 aliphatic carbocycles. The van der Waals surface area contributed by atoms with Crippen molar-refractivity contribution in [3.63, 3.8) is 0 Å². The zero-order valence-electron chi connectivity index (χ0n) is 10.3. The third kappa shape index (κ3) is 3.04. The van der Waals surface area contributed by atoms with Crippen molar-refractivity contribution in [2.45, 2.75) is 19.3 Å². The summed E-state index contributed by atoms with van der Waals surface area (Å²) in [5.74, 6) is -0.423. The van der Waals surface area contributed by atoms with Crippen LogP contribution in [-0.2, 0) is 11.2 Å². The zero-order valence-corrected chi connectivity index (χ0v) is 10.3. The van der Waals surface area contributed by atoms with Gasteiger partial charge in [0.25, 0.3) is 0 Å². The van der Waals surface area contributed by atoms with Gasteiger partial charge < -0.3 is 4.79 Å². The molecule has 0 saturated heterocycles. The first kappa shape index (κ1) is 12.5. The molecule has 2 aromatic carbocycles. The minimum Gasteiger partial charge on any atom is -0.303 e. The first-order valence-corrected chi connectivity index (χ1v) is 5.95. The fourth-order valence-corrected chi connectivity index (χ4v) is 1.93. The van der Waals surface area contributed by atoms with Crippen molar-refractivity contribution >= 4 is 6.29 Å². The number of halogens is 1. The molecular weight excluding hydrogens is 227 g/mol. The Morgan fingerprint density at radius 2 is 1.67 bits per heavy atom. The molecule has 2 heteroatoms. The van der Waals surface area contributed by atoms with Crippen LogP contribution in [0.5, 0.6) is 0 Å². The van der Waals surface area contributed by atoms with Crippen molar-refractivity contribution in [3.05, 3.63) is 71.0 Å². The van der Waals surface area contributed by atoms with Gasteiger partial charge in [-0.25, -0.2) is 4.39 Å². The number of aryl methyl sites for hydroxylation is 1. The Balaban J connectivity index is 2.16. The van der Waals surface area contributed by atoms with E-state index in [0.717, 1.165) is 17.4 Å². The molecule has 0 saturated carbocycles. The van der Waals surface area contributed by atoms with Gasteiger partial charge in [-0.05, 0) is 36.6 Å². The number of aldehydes is 1. The van der Waals surface area contributed by atoms with Crippen molar-refractivity contribution in [3.8, 4) is 0 Å². The number of carbonyl (C=O) groups is 1. The molecule has 1 unspecified atom stereocenters. The van der Waals surface area contributed by atoms with E-state index >= 15 is 0 Å². The standard InChI is InChI=1S/C16H15FO/c1-12-2-6-14(7-3-12)15(11-18)10-13-4-8-16(17)9-5-13/h2-9,11,15H,10H2,1H3. The molecule has 2 aromatic rings. The minimum atomic E-state index is -0.253. The molecule has 0 heterocycles. The van der Waals surface area contributed by atoms with Crippen LogP contribution in [0.2, 0.25) is 0 Å². The van der Waals surface area contributed by atoms with Gasteiger partial charge in [-0.2, -0.15) is 0 Å². The van der Waals surface area contributed by atoms with E-state index in [2.05, 4.69) is 0 Å². The van der Waals surface area contributed by atoms with E-state index in [9.17, 15) is 9.18 Å². The van der Waals surface area contributed by atoms with Gasteiger partial charge in [0.05, 0.1) is 0 Å². The number of hydrogen-bond donors (Lipinski definition) is 0. The van der Waals surface area contributed by atoms with E-state index in [1.54, 1.807) is 12.1 Å². The lowest BCUT2D eigenvalue weighted by molar-refractivity contribution is -0.109. The molecule has 0 N–H and O–H groups in total. The molecule has 1 atom stereocenters. The molecule has 0 radical (unpaired) electrons. The lowest BCUT2D eigenvalue weighted by Crippen LogP contribution is -2.04. The number of carbonyl (C=O) groups excluding carboxylic acids is 1. The van der Waals surface area contributed by atoms with E-state index < -0.39 is 0 Å². The van der Waals surface area contributed by atoms with E-state index in [0.29, 0.717) is 6.42 Å². The van der Waals surface area contributed by atoms with Crippen molar-refractivity contribution in [1.82, 2.24) is 0 Å². The molecule has 0 aromatic heterocycles. The minimum absolute atomic E-state index is 0.170. The maximum Gasteiger partial charge on any atom is 0.127 e. The van der Waals surface area contributed by atoms with Crippen LogP contribution in [0, 0.1) is 12.7 Å². The summed E-state index contributed by atoms with van der Waals surface area (Å²) in [4.78, 5) is 11.2. The van der Waals surface area contributed by atoms with Crippen LogP contribution >= 0.6 is 0 Å². The summed E-state index contributed by atoms with van der Waals surface area (Å²) in [7, 11) is 0. The van der Waals surface area contributed by atoms with Gasteiger partial charge in [0, 0.05) is 5.92 Å². The lowest BCUT2D eigenvalue weighted by Gasteiger charge is -2.11. The fraction of sp³-hybridized carbons (Fsp3) is 0.188. The highest BCUT2D eigenvalue weighted by atomic mass is 19.1. The Kier molecular flexibility index (Phi) is 3.88. The van der Waals surface area contributed by atoms with E-state index in [1.807, 2.05) is 31.2 Å². The Hall–Kier alpha value is -1.96. The summed E-state index contributed by atoms with van der Waals surface area (Å²) in [5.41, 5.74) is 3.14. The smallest absolute Gasteiger partial charge is 0.127 e. The topological polar surface area (TPSA) is 17.1 Å². The van der Waals surface area contributed by atoms with Crippen LogP contribution in [0.1, 0.15) is 22.6 Å². The summed E-state index contributed by atoms with van der Waals surface area (Å²) in [6, 6.07) is 14.2. The third-order valence-electron chi connectivity index (χ3n) is 3.04. The summed E-state index contributed by atoms with van der Waals surface area (Å²) < 4.78 is 12.8. The summed E-state index contributed by atoms with van der Waals surface area (Å²) in [6.45, 7) is 2.01. The molecule has 0 aliphatic rings. The second-order valence-electron chi connectivity index (χ2n) is 4.48. The Labute approximate surface area is 106 Å². The molecule has 92 valence electrons. The number of rotatable bonds is 4. The van der Waals surface area contributed by atoms with Gasteiger partial charge in [0.15, 0.2) is 0 Å². The predicted molar refractivity (Wildman–Crippen MR) is 70.1 cm³/mol. The Morgan fingerprint density at radius 3 is 2.22 bits per heavy atom. The van der Waals surface area contributed by atoms with Gasteiger partial charge in [0.1, 0.15) is 12.1 Å². The first-order valence-electron chi connectivity index (χ1n) is 5.95. The van der Waals surface area contributed by atoms with E-state index in [-0.39, 0.29) is 11.7 Å². The van der Waals surface area contributed by atoms with Crippen LogP contribution in [-0.4, -0.2) is 6.29 Å². The highest BCUT2D eigenvalue weighted by Gasteiger charge is 2.11. The normalized spacial score (nSPS) is 12.1. The molecule has 0 bridgehead atoms. The average Bonchev–Trinajstić information content (AvgIpc) is 2.39. The second-order valence-corrected chi connectivity index (χ2v) is 4.48. The fourth-order valence-electron chi connectivity index (χ4n) is 1.93. The maximum atomic E-state index is 12.8. The van der Waals surface area contributed by atoms with Gasteiger partial charge in [-0.15, -0.1) is 0 Å². The Morgan fingerprint density at radius 1 is 1.06 bits per heavy atom. The van der Waals surface area contributed by atoms with Gasteiger partial charge in [-0.1, -0.05) is 42.0 Å². The molecule has 18 heavy (non-hydrogen) atoms. The monoisotopic (exact) mass is 242 g/mol. The number of benzene rings is 2. The molecular formula is C16H15FO. The summed E-state index contributed by atoms with van der Waals surface area (Å²) >= 11 is 0. The van der Waals surface area contributed by atoms with Crippen LogP contribution in [0.4, 0.5) is 4.39 Å². The average molecular weight is 242 g/mol. The van der Waals surface area contributed by atoms with Gasteiger partial charge in [-0.3, -0.25) is 0 Å². The van der Waals surface area contributed by atoms with Gasteiger partial charge >= 0.3 is 0 Å². The van der Waals surface area contributed by atoms with Crippen molar-refractivity contribution in [1.29, 1.82) is 0 Å². The molecule has 1 nitrogen and oxygen atoms in total. The van der Waals surface area contributed by atoms with Crippen molar-refractivity contribution in [2.24, 2.45) is 0 Å². The highest BCUT2D eigenvalue weighted by Crippen LogP contribution is 2.19. The lowest BCUT2D eigenvalue weighted by atomic mass is 9.93. The van der Waals surface area contributed by atoms with E-state index in [1.165, 1.54) is 17.7 Å². The largest absolute Gasteiger partial charge is 0.303 e. The van der Waals surface area contributed by atoms with Crippen LogP contribution < -0.4 is 0 Å². The van der Waals surface area contributed by atoms with Gasteiger partial charge in [0.2, 0.25) is 0 Å². The maximum absolute atomic E-state index is 12.8. The van der Waals surface area contributed by atoms with Crippen LogP contribution in [0.15, 0.2) is 48.5 Å². The quantitative estimate of drug-likeness (QED) is 0.748. The second kappa shape index (κ2) is 5.58. The van der Waals surface area contributed by atoms with Crippen molar-refractivity contribution < 1.29 is 9.18 Å². The van der Waals surface area contributed by atoms with E-state index in [4.69, 9.17) is 0 Å². The molecule has 0 amide bonds. The molecule has 0 spiro atoms. The van der Waals surface area contributed by atoms with Crippen LogP contribution in [0.3, 0.4) is 0 Å². The zero-order chi connectivity index (χ0) is 13.0. The number of hydrogen-bond acceptors (Lipinski definition) is 1. The predicted octanol–water partition coefficient (Wildman–Crippen LogP) is 3.66. The third-order valence-corrected chi connectivity index (χ3v) is 3.04. The van der Waals surface area contributed by atoms with Crippen LogP contribution in [0.25, 0.3) is 0 Å². The summed E-state index contributed by atoms with van der Waals surface area (Å²) in [5, 5.41) is 0. The molecule has 0 fully saturated rings. The van der Waals surface area contributed by atoms with Crippen molar-refractivity contribution in [2.75, 3.05) is 0 Å².